The summed E-state index contributed by atoms with van der Waals surface area (Å²) in [4.78, 5) is 22.0. The van der Waals surface area contributed by atoms with Crippen molar-refractivity contribution < 1.29 is 33.3 Å². The molecule has 258 valence electrons. The summed E-state index contributed by atoms with van der Waals surface area (Å²) in [6.45, 7) is 8.11. The van der Waals surface area contributed by atoms with Crippen LogP contribution in [0.2, 0.25) is 0 Å². The van der Waals surface area contributed by atoms with E-state index in [1.54, 1.807) is 14.2 Å². The van der Waals surface area contributed by atoms with Crippen LogP contribution >= 0.6 is 0 Å². The number of aryl methyl sites for hydroxylation is 1. The summed E-state index contributed by atoms with van der Waals surface area (Å²) >= 11 is 0. The van der Waals surface area contributed by atoms with Crippen molar-refractivity contribution in [3.8, 4) is 11.5 Å². The summed E-state index contributed by atoms with van der Waals surface area (Å²) in [6.07, 6.45) is 1.71. The molecule has 4 aromatic carbocycles. The lowest BCUT2D eigenvalue weighted by molar-refractivity contribution is -0.140. The maximum atomic E-state index is 11.2. The Morgan fingerprint density at radius 1 is 0.667 bits per heavy atom. The molecule has 48 heavy (non-hydrogen) atoms. The molecule has 0 saturated carbocycles. The molecule has 0 heterocycles. The van der Waals surface area contributed by atoms with Crippen LogP contribution < -0.4 is 15.2 Å². The number of rotatable bonds is 14. The first-order chi connectivity index (χ1) is 23.1. The van der Waals surface area contributed by atoms with Gasteiger partial charge in [-0.15, -0.1) is 0 Å². The first-order valence-electron chi connectivity index (χ1n) is 16.2. The van der Waals surface area contributed by atoms with Gasteiger partial charge < -0.3 is 29.4 Å². The SMILES string of the molecule is CC.COC(=O)CCc1ccccc1.COc1ccc(C(OCCCC(C)(C)OC(N)=O)(c2ccccc2)c2ccc(OC)cc2)cc1. The minimum absolute atomic E-state index is 0.154. The Balaban J connectivity index is 0.000000478. The van der Waals surface area contributed by atoms with E-state index in [0.717, 1.165) is 34.6 Å². The molecule has 0 spiro atoms. The van der Waals surface area contributed by atoms with Gasteiger partial charge in [0.25, 0.3) is 0 Å². The zero-order chi connectivity index (χ0) is 35.4. The van der Waals surface area contributed by atoms with Gasteiger partial charge in [-0.05, 0) is 79.6 Å². The maximum Gasteiger partial charge on any atom is 0.405 e. The molecule has 4 aromatic rings. The van der Waals surface area contributed by atoms with Crippen LogP contribution in [0.1, 0.15) is 69.2 Å². The van der Waals surface area contributed by atoms with Crippen molar-refractivity contribution >= 4 is 12.1 Å². The number of primary amides is 1. The lowest BCUT2D eigenvalue weighted by Crippen LogP contribution is -2.34. The van der Waals surface area contributed by atoms with Gasteiger partial charge in [0.15, 0.2) is 0 Å². The highest BCUT2D eigenvalue weighted by Crippen LogP contribution is 2.42. The Kier molecular flexibility index (Phi) is 16.7. The van der Waals surface area contributed by atoms with Crippen LogP contribution in [0.4, 0.5) is 4.79 Å². The van der Waals surface area contributed by atoms with E-state index >= 15 is 0 Å². The molecule has 0 bridgehead atoms. The van der Waals surface area contributed by atoms with Crippen LogP contribution in [0.25, 0.3) is 0 Å². The van der Waals surface area contributed by atoms with Crippen molar-refractivity contribution in [2.75, 3.05) is 27.9 Å². The zero-order valence-electron chi connectivity index (χ0n) is 29.4. The number of carbonyl (C=O) groups is 2. The third-order valence-corrected chi connectivity index (χ3v) is 7.48. The molecule has 0 aliphatic rings. The largest absolute Gasteiger partial charge is 0.497 e. The third kappa shape index (κ3) is 12.1. The molecule has 0 atom stereocenters. The first-order valence-corrected chi connectivity index (χ1v) is 16.2. The van der Waals surface area contributed by atoms with E-state index in [1.165, 1.54) is 12.7 Å². The summed E-state index contributed by atoms with van der Waals surface area (Å²) in [7, 11) is 4.71. The molecule has 0 fully saturated rings. The van der Waals surface area contributed by atoms with Gasteiger partial charge in [-0.25, -0.2) is 4.79 Å². The van der Waals surface area contributed by atoms with Crippen molar-refractivity contribution in [2.24, 2.45) is 5.73 Å². The third-order valence-electron chi connectivity index (χ3n) is 7.48. The number of amides is 1. The Hall–Kier alpha value is -4.82. The van der Waals surface area contributed by atoms with Gasteiger partial charge in [0, 0.05) is 13.0 Å². The minimum Gasteiger partial charge on any atom is -0.497 e. The number of methoxy groups -OCH3 is 3. The molecule has 0 aliphatic carbocycles. The average Bonchev–Trinajstić information content (AvgIpc) is 3.12. The van der Waals surface area contributed by atoms with Gasteiger partial charge in [0.1, 0.15) is 22.7 Å². The molecule has 0 unspecified atom stereocenters. The molecule has 0 saturated heterocycles. The van der Waals surface area contributed by atoms with E-state index in [1.807, 2.05) is 125 Å². The highest BCUT2D eigenvalue weighted by Gasteiger charge is 2.38. The molecule has 0 radical (unpaired) electrons. The van der Waals surface area contributed by atoms with E-state index in [-0.39, 0.29) is 5.97 Å². The van der Waals surface area contributed by atoms with Gasteiger partial charge in [0.2, 0.25) is 0 Å². The molecule has 1 amide bonds. The fourth-order valence-electron chi connectivity index (χ4n) is 5.11. The molecular weight excluding hydrogens is 606 g/mol. The molecular formula is C40H51NO7. The van der Waals surface area contributed by atoms with Crippen molar-refractivity contribution in [3.63, 3.8) is 0 Å². The fourth-order valence-corrected chi connectivity index (χ4v) is 5.11. The highest BCUT2D eigenvalue weighted by molar-refractivity contribution is 5.69. The molecule has 2 N–H and O–H groups in total. The summed E-state index contributed by atoms with van der Waals surface area (Å²) in [5, 5.41) is 0. The average molecular weight is 658 g/mol. The van der Waals surface area contributed by atoms with Crippen LogP contribution in [0, 0.1) is 0 Å². The van der Waals surface area contributed by atoms with Crippen LogP contribution in [0.15, 0.2) is 109 Å². The number of hydrogen-bond donors (Lipinski definition) is 1. The number of ether oxygens (including phenoxy) is 5. The van der Waals surface area contributed by atoms with Gasteiger partial charge >= 0.3 is 12.1 Å². The normalized spacial score (nSPS) is 10.7. The number of esters is 1. The maximum absolute atomic E-state index is 11.2. The van der Waals surface area contributed by atoms with Crippen LogP contribution in [-0.4, -0.2) is 45.6 Å². The van der Waals surface area contributed by atoms with Gasteiger partial charge in [0.05, 0.1) is 21.3 Å². The summed E-state index contributed by atoms with van der Waals surface area (Å²) in [5.74, 6) is 1.38. The lowest BCUT2D eigenvalue weighted by atomic mass is 9.80. The van der Waals surface area contributed by atoms with Crippen molar-refractivity contribution in [1.29, 1.82) is 0 Å². The quantitative estimate of drug-likeness (QED) is 0.0824. The van der Waals surface area contributed by atoms with Crippen LogP contribution in [-0.2, 0) is 31.0 Å². The second kappa shape index (κ2) is 20.4. The van der Waals surface area contributed by atoms with Gasteiger partial charge in [-0.2, -0.15) is 0 Å². The second-order valence-electron chi connectivity index (χ2n) is 11.2. The summed E-state index contributed by atoms with van der Waals surface area (Å²) in [5.41, 5.74) is 7.78. The highest BCUT2D eigenvalue weighted by atomic mass is 16.6. The van der Waals surface area contributed by atoms with Gasteiger partial charge in [-0.1, -0.05) is 98.8 Å². The zero-order valence-corrected chi connectivity index (χ0v) is 29.4. The topological polar surface area (TPSA) is 106 Å². The van der Waals surface area contributed by atoms with E-state index in [4.69, 9.17) is 24.7 Å². The summed E-state index contributed by atoms with van der Waals surface area (Å²) < 4.78 is 27.3. The van der Waals surface area contributed by atoms with Crippen molar-refractivity contribution in [3.05, 3.63) is 131 Å². The van der Waals surface area contributed by atoms with Gasteiger partial charge in [-0.3, -0.25) is 4.79 Å². The minimum atomic E-state index is -0.867. The Labute approximate surface area is 286 Å². The molecule has 8 nitrogen and oxygen atoms in total. The fraction of sp³-hybridized carbons (Fsp3) is 0.350. The number of benzene rings is 4. The molecule has 0 aliphatic heterocycles. The number of nitrogens with two attached hydrogens (primary N) is 1. The molecule has 8 heteroatoms. The van der Waals surface area contributed by atoms with E-state index in [2.05, 4.69) is 16.9 Å². The monoisotopic (exact) mass is 657 g/mol. The number of carbonyl (C=O) groups excluding carboxylic acids is 2. The number of hydrogen-bond acceptors (Lipinski definition) is 7. The second-order valence-corrected chi connectivity index (χ2v) is 11.2. The van der Waals surface area contributed by atoms with Crippen molar-refractivity contribution in [2.45, 2.75) is 64.6 Å². The summed E-state index contributed by atoms with van der Waals surface area (Å²) in [6, 6.07) is 35.9. The van der Waals surface area contributed by atoms with Crippen molar-refractivity contribution in [1.82, 2.24) is 0 Å². The molecule has 4 rings (SSSR count). The standard InChI is InChI=1S/C28H33NO5.C10H12O2.C2H6/c1-27(2,34-26(29)30)19-8-20-33-28(21-9-6-5-7-10-21,22-11-15-24(31-3)16-12-22)23-13-17-25(32-4)18-14-23;1-12-10(11)8-7-9-5-3-2-4-6-9;1-2/h5-7,9-18H,8,19-20H2,1-4H3,(H2,29,30);2-6H,7-8H2,1H3;1-2H3. The predicted octanol–water partition coefficient (Wildman–Crippen LogP) is 8.48. The Morgan fingerprint density at radius 3 is 1.56 bits per heavy atom. The lowest BCUT2D eigenvalue weighted by Gasteiger charge is -2.36. The smallest absolute Gasteiger partial charge is 0.405 e. The predicted molar refractivity (Wildman–Crippen MR) is 190 cm³/mol. The van der Waals surface area contributed by atoms with E-state index in [0.29, 0.717) is 25.9 Å². The molecule has 0 aromatic heterocycles. The van der Waals surface area contributed by atoms with Crippen LogP contribution in [0.5, 0.6) is 11.5 Å². The first kappa shape index (κ1) is 39.4. The Morgan fingerprint density at radius 2 is 1.12 bits per heavy atom. The Bertz CT molecular complexity index is 1420. The van der Waals surface area contributed by atoms with E-state index < -0.39 is 17.3 Å². The van der Waals surface area contributed by atoms with E-state index in [9.17, 15) is 9.59 Å². The van der Waals surface area contributed by atoms with Crippen LogP contribution in [0.3, 0.4) is 0 Å².